The van der Waals surface area contributed by atoms with Gasteiger partial charge in [0.25, 0.3) is 0 Å². The van der Waals surface area contributed by atoms with Gasteiger partial charge >= 0.3 is 0 Å². The number of amides is 1. The summed E-state index contributed by atoms with van der Waals surface area (Å²) in [6.07, 6.45) is 0. The second-order valence-electron chi connectivity index (χ2n) is 4.70. The molecule has 3 N–H and O–H groups in total. The Morgan fingerprint density at radius 2 is 2.22 bits per heavy atom. The molecule has 0 aliphatic carbocycles. The summed E-state index contributed by atoms with van der Waals surface area (Å²) in [4.78, 5) is 12.0. The number of rotatable bonds is 7. The zero-order valence-electron chi connectivity index (χ0n) is 12.8. The number of nitrogens with two attached hydrogens (primary N) is 1. The summed E-state index contributed by atoms with van der Waals surface area (Å²) < 4.78 is 6.23. The fraction of sp³-hybridized carbons (Fsp3) is 0.357. The Morgan fingerprint density at radius 1 is 1.48 bits per heavy atom. The van der Waals surface area contributed by atoms with E-state index in [9.17, 15) is 4.79 Å². The summed E-state index contributed by atoms with van der Waals surface area (Å²) in [5.74, 6) is 6.37. The van der Waals surface area contributed by atoms with Crippen LogP contribution in [-0.4, -0.2) is 46.3 Å². The highest BCUT2D eigenvalue weighted by molar-refractivity contribution is 8.00. The van der Waals surface area contributed by atoms with Gasteiger partial charge in [-0.15, -0.1) is 10.2 Å². The van der Waals surface area contributed by atoms with Crippen LogP contribution >= 0.6 is 23.4 Å². The highest BCUT2D eigenvalue weighted by atomic mass is 35.5. The number of aromatic nitrogens is 3. The van der Waals surface area contributed by atoms with Crippen molar-refractivity contribution in [2.75, 3.05) is 26.1 Å². The Kier molecular flexibility index (Phi) is 6.26. The number of hydrogen-bond acceptors (Lipinski definition) is 6. The lowest BCUT2D eigenvalue weighted by molar-refractivity contribution is -0.120. The molecule has 1 aromatic carbocycles. The first-order valence-corrected chi connectivity index (χ1v) is 8.19. The smallest absolute Gasteiger partial charge is 0.233 e. The average Bonchev–Trinajstić information content (AvgIpc) is 2.89. The van der Waals surface area contributed by atoms with Crippen molar-refractivity contribution in [3.63, 3.8) is 0 Å². The molecule has 0 aliphatic rings. The molecule has 0 saturated heterocycles. The van der Waals surface area contributed by atoms with Gasteiger partial charge in [-0.2, -0.15) is 0 Å². The lowest BCUT2D eigenvalue weighted by Gasteiger charge is -2.11. The molecule has 1 atom stereocenters. The maximum absolute atomic E-state index is 12.0. The van der Waals surface area contributed by atoms with Crippen molar-refractivity contribution < 1.29 is 9.53 Å². The molecule has 23 heavy (non-hydrogen) atoms. The quantitative estimate of drug-likeness (QED) is 0.444. The zero-order valence-corrected chi connectivity index (χ0v) is 14.4. The number of hydrogen-bond donors (Lipinski definition) is 2. The van der Waals surface area contributed by atoms with Crippen molar-refractivity contribution in [2.45, 2.75) is 17.3 Å². The minimum atomic E-state index is -0.363. The molecule has 0 spiro atoms. The van der Waals surface area contributed by atoms with Crippen LogP contribution in [0.1, 0.15) is 6.92 Å². The van der Waals surface area contributed by atoms with E-state index in [0.717, 1.165) is 0 Å². The summed E-state index contributed by atoms with van der Waals surface area (Å²) in [6, 6.07) is 7.23. The van der Waals surface area contributed by atoms with Gasteiger partial charge in [0.15, 0.2) is 5.82 Å². The van der Waals surface area contributed by atoms with Crippen LogP contribution in [0.3, 0.4) is 0 Å². The van der Waals surface area contributed by atoms with E-state index < -0.39 is 0 Å². The molecule has 0 aliphatic heterocycles. The van der Waals surface area contributed by atoms with E-state index >= 15 is 0 Å². The predicted octanol–water partition coefficient (Wildman–Crippen LogP) is 1.56. The normalized spacial score (nSPS) is 12.1. The summed E-state index contributed by atoms with van der Waals surface area (Å²) in [5.41, 5.74) is 0.688. The SMILES string of the molecule is COCCNC(=O)[C@@H](C)Sc1nnc(-c2ccccc2Cl)n1N. The third kappa shape index (κ3) is 4.37. The minimum absolute atomic E-state index is 0.116. The number of carbonyl (C=O) groups is 1. The largest absolute Gasteiger partial charge is 0.383 e. The van der Waals surface area contributed by atoms with Crippen molar-refractivity contribution in [3.8, 4) is 11.4 Å². The summed E-state index contributed by atoms with van der Waals surface area (Å²) in [5, 5.41) is 11.5. The lowest BCUT2D eigenvalue weighted by Crippen LogP contribution is -2.33. The van der Waals surface area contributed by atoms with Crippen molar-refractivity contribution in [3.05, 3.63) is 29.3 Å². The zero-order chi connectivity index (χ0) is 16.8. The number of halogens is 1. The average molecular weight is 356 g/mol. The van der Waals surface area contributed by atoms with E-state index in [4.69, 9.17) is 22.2 Å². The van der Waals surface area contributed by atoms with Crippen LogP contribution in [0, 0.1) is 0 Å². The van der Waals surface area contributed by atoms with Crippen LogP contribution < -0.4 is 11.2 Å². The highest BCUT2D eigenvalue weighted by Crippen LogP contribution is 2.28. The van der Waals surface area contributed by atoms with Crippen LogP contribution in [0.4, 0.5) is 0 Å². The van der Waals surface area contributed by atoms with Gasteiger partial charge in [0.05, 0.1) is 16.9 Å². The standard InChI is InChI=1S/C14H18ClN5O2S/c1-9(13(21)17-7-8-22-2)23-14-19-18-12(20(14)16)10-5-3-4-6-11(10)15/h3-6,9H,7-8,16H2,1-2H3,(H,17,21)/t9-/m1/s1. The van der Waals surface area contributed by atoms with Gasteiger partial charge in [-0.1, -0.05) is 35.5 Å². The molecule has 0 bridgehead atoms. The Morgan fingerprint density at radius 3 is 2.91 bits per heavy atom. The van der Waals surface area contributed by atoms with Crippen molar-refractivity contribution in [1.29, 1.82) is 0 Å². The lowest BCUT2D eigenvalue weighted by atomic mass is 10.2. The number of ether oxygens (including phenoxy) is 1. The number of nitrogens with zero attached hydrogens (tertiary/aromatic N) is 3. The summed E-state index contributed by atoms with van der Waals surface area (Å²) in [6.45, 7) is 2.70. The van der Waals surface area contributed by atoms with Gasteiger partial charge in [0.2, 0.25) is 11.1 Å². The topological polar surface area (TPSA) is 95.1 Å². The number of nitrogen functional groups attached to an aromatic ring is 1. The van der Waals surface area contributed by atoms with Crippen LogP contribution in [0.25, 0.3) is 11.4 Å². The van der Waals surface area contributed by atoms with Gasteiger partial charge in [-0.05, 0) is 19.1 Å². The maximum Gasteiger partial charge on any atom is 0.233 e. The van der Waals surface area contributed by atoms with Crippen LogP contribution in [-0.2, 0) is 9.53 Å². The molecule has 7 nitrogen and oxygen atoms in total. The van der Waals surface area contributed by atoms with Crippen molar-refractivity contribution in [2.24, 2.45) is 0 Å². The predicted molar refractivity (Wildman–Crippen MR) is 90.8 cm³/mol. The second-order valence-corrected chi connectivity index (χ2v) is 6.42. The minimum Gasteiger partial charge on any atom is -0.383 e. The van der Waals surface area contributed by atoms with E-state index in [2.05, 4.69) is 15.5 Å². The Bertz CT molecular complexity index is 679. The molecule has 1 heterocycles. The van der Waals surface area contributed by atoms with E-state index in [0.29, 0.717) is 34.7 Å². The van der Waals surface area contributed by atoms with Crippen LogP contribution in [0.2, 0.25) is 5.02 Å². The number of benzene rings is 1. The van der Waals surface area contributed by atoms with Gasteiger partial charge in [-0.25, -0.2) is 4.68 Å². The van der Waals surface area contributed by atoms with Crippen molar-refractivity contribution in [1.82, 2.24) is 20.2 Å². The molecule has 9 heteroatoms. The fourth-order valence-corrected chi connectivity index (χ4v) is 2.83. The van der Waals surface area contributed by atoms with E-state index in [1.165, 1.54) is 16.4 Å². The third-order valence-electron chi connectivity index (χ3n) is 3.04. The fourth-order valence-electron chi connectivity index (χ4n) is 1.82. The van der Waals surface area contributed by atoms with Gasteiger partial charge < -0.3 is 15.9 Å². The first-order valence-electron chi connectivity index (χ1n) is 6.93. The number of thioether (sulfide) groups is 1. The van der Waals surface area contributed by atoms with E-state index in [-0.39, 0.29) is 11.2 Å². The Balaban J connectivity index is 2.08. The molecule has 1 aromatic heterocycles. The number of carbonyl (C=O) groups excluding carboxylic acids is 1. The number of methoxy groups -OCH3 is 1. The first-order chi connectivity index (χ1) is 11.0. The van der Waals surface area contributed by atoms with Crippen LogP contribution in [0.5, 0.6) is 0 Å². The molecule has 0 fully saturated rings. The van der Waals surface area contributed by atoms with Gasteiger partial charge in [0, 0.05) is 19.2 Å². The molecular weight excluding hydrogens is 338 g/mol. The second kappa shape index (κ2) is 8.19. The Hall–Kier alpha value is -1.77. The summed E-state index contributed by atoms with van der Waals surface area (Å²) >= 11 is 7.37. The molecule has 0 unspecified atom stereocenters. The molecule has 0 radical (unpaired) electrons. The molecule has 0 saturated carbocycles. The Labute approximate surface area is 143 Å². The van der Waals surface area contributed by atoms with Gasteiger partial charge in [0.1, 0.15) is 0 Å². The van der Waals surface area contributed by atoms with Gasteiger partial charge in [-0.3, -0.25) is 4.79 Å². The molecule has 2 aromatic rings. The molecule has 124 valence electrons. The first kappa shape index (κ1) is 17.6. The molecule has 1 amide bonds. The van der Waals surface area contributed by atoms with E-state index in [1.807, 2.05) is 18.2 Å². The maximum atomic E-state index is 12.0. The molecular formula is C14H18ClN5O2S. The molecule has 2 rings (SSSR count). The monoisotopic (exact) mass is 355 g/mol. The summed E-state index contributed by atoms with van der Waals surface area (Å²) in [7, 11) is 1.58. The third-order valence-corrected chi connectivity index (χ3v) is 4.42. The highest BCUT2D eigenvalue weighted by Gasteiger charge is 2.20. The van der Waals surface area contributed by atoms with Crippen LogP contribution in [0.15, 0.2) is 29.4 Å². The number of nitrogens with one attached hydrogen (secondary N) is 1. The van der Waals surface area contributed by atoms with Crippen molar-refractivity contribution >= 4 is 29.3 Å². The van der Waals surface area contributed by atoms with E-state index in [1.54, 1.807) is 20.1 Å².